The minimum Gasteiger partial charge on any atom is -0.391 e. The van der Waals surface area contributed by atoms with E-state index in [2.05, 4.69) is 4.18 Å². The maximum absolute atomic E-state index is 10.5. The number of rotatable bonds is 2. The Morgan fingerprint density at radius 3 is 2.12 bits per heavy atom. The predicted octanol–water partition coefficient (Wildman–Crippen LogP) is -0.481. The molecule has 0 saturated carbocycles. The van der Waals surface area contributed by atoms with Gasteiger partial charge in [0.15, 0.2) is 0 Å². The van der Waals surface area contributed by atoms with Crippen molar-refractivity contribution in [1.29, 1.82) is 0 Å². The molecule has 2 fully saturated rings. The van der Waals surface area contributed by atoms with Gasteiger partial charge in [0, 0.05) is 19.6 Å². The highest BCUT2D eigenvalue weighted by molar-refractivity contribution is 7.86. The van der Waals surface area contributed by atoms with Crippen LogP contribution in [0.4, 0.5) is 0 Å². The highest BCUT2D eigenvalue weighted by Gasteiger charge is 2.20. The third kappa shape index (κ3) is 6.39. The lowest BCUT2D eigenvalue weighted by molar-refractivity contribution is 0.127. The first-order valence-corrected chi connectivity index (χ1v) is 7.01. The first-order valence-electron chi connectivity index (χ1n) is 5.19. The molecule has 2 atom stereocenters. The molecule has 2 aliphatic rings. The summed E-state index contributed by atoms with van der Waals surface area (Å²) < 4.78 is 35.4. The fourth-order valence-electron chi connectivity index (χ4n) is 1.36. The summed E-state index contributed by atoms with van der Waals surface area (Å²) in [5, 5.41) is 8.60. The quantitative estimate of drug-likeness (QED) is 0.670. The van der Waals surface area contributed by atoms with E-state index in [1.54, 1.807) is 0 Å². The Balaban J connectivity index is 0.000000181. The van der Waals surface area contributed by atoms with Gasteiger partial charge in [-0.3, -0.25) is 4.18 Å². The molecule has 0 spiro atoms. The molecule has 2 heterocycles. The number of aliphatic hydroxyl groups excluding tert-OH is 1. The maximum atomic E-state index is 10.5. The fraction of sp³-hybridized carbons (Fsp3) is 1.00. The molecule has 0 amide bonds. The van der Waals surface area contributed by atoms with Gasteiger partial charge < -0.3 is 14.6 Å². The summed E-state index contributed by atoms with van der Waals surface area (Å²) in [5.74, 6) is 0. The first-order chi connectivity index (χ1) is 7.47. The molecule has 0 aromatic carbocycles. The van der Waals surface area contributed by atoms with E-state index < -0.39 is 10.1 Å². The molecule has 2 aliphatic heterocycles. The molecule has 96 valence electrons. The summed E-state index contributed by atoms with van der Waals surface area (Å²) in [7, 11) is -3.29. The van der Waals surface area contributed by atoms with E-state index in [9.17, 15) is 8.42 Å². The predicted molar refractivity (Wildman–Crippen MR) is 56.6 cm³/mol. The molecule has 2 saturated heterocycles. The lowest BCUT2D eigenvalue weighted by atomic mass is 10.3. The molecule has 16 heavy (non-hydrogen) atoms. The van der Waals surface area contributed by atoms with Gasteiger partial charge in [0.2, 0.25) is 0 Å². The fourth-order valence-corrected chi connectivity index (χ4v) is 2.00. The summed E-state index contributed by atoms with van der Waals surface area (Å²) in [6, 6.07) is 0. The van der Waals surface area contributed by atoms with Crippen LogP contribution in [0.15, 0.2) is 0 Å². The molecular formula is C9H18O6S. The van der Waals surface area contributed by atoms with Crippen LogP contribution in [0, 0.1) is 0 Å². The zero-order valence-electron chi connectivity index (χ0n) is 9.29. The standard InChI is InChI=1S/C5H10O4S.C4H8O2/c1-10(6,7)9-5-2-3-8-4-5;5-4-1-2-6-3-4/h5H,2-4H2,1H3;4-5H,1-3H2. The minimum atomic E-state index is -3.29. The van der Waals surface area contributed by atoms with Crippen molar-refractivity contribution in [3.8, 4) is 0 Å². The topological polar surface area (TPSA) is 82.1 Å². The largest absolute Gasteiger partial charge is 0.391 e. The van der Waals surface area contributed by atoms with Crippen LogP contribution >= 0.6 is 0 Å². The monoisotopic (exact) mass is 254 g/mol. The summed E-state index contributed by atoms with van der Waals surface area (Å²) >= 11 is 0. The van der Waals surface area contributed by atoms with E-state index in [-0.39, 0.29) is 12.2 Å². The van der Waals surface area contributed by atoms with E-state index in [0.29, 0.717) is 26.2 Å². The van der Waals surface area contributed by atoms with E-state index in [4.69, 9.17) is 14.6 Å². The van der Waals surface area contributed by atoms with Gasteiger partial charge in [0.25, 0.3) is 10.1 Å². The summed E-state index contributed by atoms with van der Waals surface area (Å²) in [5.41, 5.74) is 0. The SMILES string of the molecule is CS(=O)(=O)OC1CCOC1.OC1CCOC1. The Hall–Kier alpha value is -0.210. The number of hydrogen-bond donors (Lipinski definition) is 1. The second kappa shape index (κ2) is 6.51. The van der Waals surface area contributed by atoms with Crippen LogP contribution in [-0.4, -0.2) is 58.4 Å². The van der Waals surface area contributed by atoms with Crippen molar-refractivity contribution >= 4 is 10.1 Å². The van der Waals surface area contributed by atoms with Gasteiger partial charge >= 0.3 is 0 Å². The summed E-state index contributed by atoms with van der Waals surface area (Å²) in [6.45, 7) is 2.27. The third-order valence-corrected chi connectivity index (χ3v) is 2.73. The van der Waals surface area contributed by atoms with Crippen molar-refractivity contribution in [2.24, 2.45) is 0 Å². The van der Waals surface area contributed by atoms with Crippen LogP contribution in [0.1, 0.15) is 12.8 Å². The third-order valence-electron chi connectivity index (χ3n) is 2.10. The van der Waals surface area contributed by atoms with E-state index in [1.807, 2.05) is 0 Å². The second-order valence-electron chi connectivity index (χ2n) is 3.80. The van der Waals surface area contributed by atoms with Gasteiger partial charge in [0.05, 0.1) is 25.6 Å². The van der Waals surface area contributed by atoms with Gasteiger partial charge in [-0.1, -0.05) is 0 Å². The van der Waals surface area contributed by atoms with Crippen molar-refractivity contribution < 1.29 is 27.2 Å². The van der Waals surface area contributed by atoms with Crippen molar-refractivity contribution in [2.75, 3.05) is 32.7 Å². The average Bonchev–Trinajstić information content (AvgIpc) is 2.76. The second-order valence-corrected chi connectivity index (χ2v) is 5.40. The molecule has 0 aliphatic carbocycles. The van der Waals surface area contributed by atoms with Crippen LogP contribution in [-0.2, 0) is 23.8 Å². The van der Waals surface area contributed by atoms with Gasteiger partial charge in [0.1, 0.15) is 6.10 Å². The molecule has 2 unspecified atom stereocenters. The van der Waals surface area contributed by atoms with Crippen molar-refractivity contribution in [1.82, 2.24) is 0 Å². The van der Waals surface area contributed by atoms with Crippen molar-refractivity contribution in [2.45, 2.75) is 25.0 Å². The zero-order chi connectivity index (χ0) is 12.0. The van der Waals surface area contributed by atoms with E-state index in [0.717, 1.165) is 19.3 Å². The number of ether oxygens (including phenoxy) is 2. The molecule has 0 aromatic rings. The Labute approximate surface area is 95.6 Å². The molecule has 7 heteroatoms. The normalized spacial score (nSPS) is 29.9. The lowest BCUT2D eigenvalue weighted by Gasteiger charge is -2.04. The molecular weight excluding hydrogens is 236 g/mol. The summed E-state index contributed by atoms with van der Waals surface area (Å²) in [4.78, 5) is 0. The highest BCUT2D eigenvalue weighted by Crippen LogP contribution is 2.09. The van der Waals surface area contributed by atoms with Crippen LogP contribution < -0.4 is 0 Å². The van der Waals surface area contributed by atoms with Gasteiger partial charge in [-0.15, -0.1) is 0 Å². The molecule has 0 aromatic heterocycles. The molecule has 2 rings (SSSR count). The number of aliphatic hydroxyl groups is 1. The Kier molecular flexibility index (Phi) is 5.63. The van der Waals surface area contributed by atoms with Crippen LogP contribution in [0.2, 0.25) is 0 Å². The van der Waals surface area contributed by atoms with Gasteiger partial charge in [-0.25, -0.2) is 0 Å². The smallest absolute Gasteiger partial charge is 0.264 e. The molecule has 0 radical (unpaired) electrons. The van der Waals surface area contributed by atoms with Crippen LogP contribution in [0.25, 0.3) is 0 Å². The minimum absolute atomic E-state index is 0.176. The molecule has 1 N–H and O–H groups in total. The van der Waals surface area contributed by atoms with E-state index in [1.165, 1.54) is 0 Å². The van der Waals surface area contributed by atoms with Crippen molar-refractivity contribution in [3.05, 3.63) is 0 Å². The molecule has 6 nitrogen and oxygen atoms in total. The highest BCUT2D eigenvalue weighted by atomic mass is 32.2. The Morgan fingerprint density at radius 1 is 1.19 bits per heavy atom. The maximum Gasteiger partial charge on any atom is 0.264 e. The molecule has 0 bridgehead atoms. The number of hydrogen-bond acceptors (Lipinski definition) is 6. The van der Waals surface area contributed by atoms with Gasteiger partial charge in [-0.05, 0) is 6.42 Å². The van der Waals surface area contributed by atoms with Crippen molar-refractivity contribution in [3.63, 3.8) is 0 Å². The van der Waals surface area contributed by atoms with Crippen LogP contribution in [0.3, 0.4) is 0 Å². The van der Waals surface area contributed by atoms with Crippen LogP contribution in [0.5, 0.6) is 0 Å². The lowest BCUT2D eigenvalue weighted by Crippen LogP contribution is -2.16. The zero-order valence-corrected chi connectivity index (χ0v) is 10.1. The van der Waals surface area contributed by atoms with Gasteiger partial charge in [-0.2, -0.15) is 8.42 Å². The average molecular weight is 254 g/mol. The first kappa shape index (κ1) is 13.9. The summed E-state index contributed by atoms with van der Waals surface area (Å²) in [6.07, 6.45) is 2.11. The Bertz CT molecular complexity index is 276. The Morgan fingerprint density at radius 2 is 1.81 bits per heavy atom. The van der Waals surface area contributed by atoms with E-state index >= 15 is 0 Å².